The van der Waals surface area contributed by atoms with Crippen LogP contribution in [0.25, 0.3) is 0 Å². The van der Waals surface area contributed by atoms with Gasteiger partial charge in [-0.05, 0) is 44.4 Å². The summed E-state index contributed by atoms with van der Waals surface area (Å²) in [6.07, 6.45) is 29.0. The smallest absolute Gasteiger partial charge is 0.434 e. The molecule has 0 fully saturated rings. The Labute approximate surface area is 194 Å². The molecule has 0 aromatic carbocycles. The molecule has 3 nitrogen and oxygen atoms in total. The molecule has 0 aromatic rings. The lowest BCUT2D eigenvalue weighted by Crippen LogP contribution is -2.10. The van der Waals surface area contributed by atoms with Crippen LogP contribution in [-0.2, 0) is 9.47 Å². The van der Waals surface area contributed by atoms with Crippen molar-refractivity contribution in [3.8, 4) is 0 Å². The molecule has 0 radical (unpaired) electrons. The van der Waals surface area contributed by atoms with Crippen LogP contribution in [0.3, 0.4) is 0 Å². The highest BCUT2D eigenvalue weighted by Gasteiger charge is 2.04. The van der Waals surface area contributed by atoms with Gasteiger partial charge in [0.05, 0.1) is 13.2 Å². The average molecular weight is 439 g/mol. The van der Waals surface area contributed by atoms with Gasteiger partial charge in [-0.2, -0.15) is 0 Å². The summed E-state index contributed by atoms with van der Waals surface area (Å²) in [5, 5.41) is 0. The van der Waals surface area contributed by atoms with E-state index in [1.165, 1.54) is 103 Å². The van der Waals surface area contributed by atoms with Crippen molar-refractivity contribution in [3.05, 3.63) is 12.2 Å². The Balaban J connectivity index is 3.15. The first-order valence-corrected chi connectivity index (χ1v) is 13.6. The summed E-state index contributed by atoms with van der Waals surface area (Å²) in [5.74, 6) is 0.550. The number of rotatable bonds is 23. The molecule has 3 heteroatoms. The molecule has 0 amide bonds. The molecule has 31 heavy (non-hydrogen) atoms. The van der Waals surface area contributed by atoms with Crippen LogP contribution in [0.4, 0.5) is 4.79 Å². The summed E-state index contributed by atoms with van der Waals surface area (Å²) in [6.45, 7) is 7.47. The average Bonchev–Trinajstić information content (AvgIpc) is 2.74. The molecule has 0 aromatic heterocycles. The second-order valence-electron chi connectivity index (χ2n) is 9.48. The fraction of sp³-hybridized carbons (Fsp3) is 0.893. The van der Waals surface area contributed by atoms with Crippen molar-refractivity contribution in [1.82, 2.24) is 0 Å². The molecular weight excluding hydrogens is 384 g/mol. The molecule has 0 bridgehead atoms. The van der Waals surface area contributed by atoms with Gasteiger partial charge in [0.15, 0.2) is 0 Å². The highest BCUT2D eigenvalue weighted by Crippen LogP contribution is 2.12. The van der Waals surface area contributed by atoms with Crippen LogP contribution in [0.5, 0.6) is 0 Å². The number of ether oxygens (including phenoxy) is 2. The standard InChI is InChI=1S/C28H54O3/c1-4-5-6-7-8-9-10-11-12-13-14-15-16-17-18-19-20-21-22-23-25-30-28(29)31-26-24-27(2)3/h11-12,27H,4-10,13-26H2,1-3H3/b12-11-. The number of unbranched alkanes of at least 4 members (excludes halogenated alkanes) is 16. The second-order valence-corrected chi connectivity index (χ2v) is 9.48. The van der Waals surface area contributed by atoms with Gasteiger partial charge in [0.1, 0.15) is 0 Å². The van der Waals surface area contributed by atoms with E-state index >= 15 is 0 Å². The van der Waals surface area contributed by atoms with Gasteiger partial charge >= 0.3 is 6.16 Å². The quantitative estimate of drug-likeness (QED) is 0.0904. The fourth-order valence-electron chi connectivity index (χ4n) is 3.63. The predicted octanol–water partition coefficient (Wildman–Crippen LogP) is 9.78. The van der Waals surface area contributed by atoms with Crippen LogP contribution in [-0.4, -0.2) is 19.4 Å². The lowest BCUT2D eigenvalue weighted by molar-refractivity contribution is 0.0512. The largest absolute Gasteiger partial charge is 0.508 e. The summed E-state index contributed by atoms with van der Waals surface area (Å²) >= 11 is 0. The predicted molar refractivity (Wildman–Crippen MR) is 135 cm³/mol. The Morgan fingerprint density at radius 1 is 0.613 bits per heavy atom. The van der Waals surface area contributed by atoms with Crippen LogP contribution in [0, 0.1) is 5.92 Å². The monoisotopic (exact) mass is 438 g/mol. The van der Waals surface area contributed by atoms with Crippen LogP contribution >= 0.6 is 0 Å². The molecule has 0 spiro atoms. The van der Waals surface area contributed by atoms with Gasteiger partial charge in [-0.3, -0.25) is 0 Å². The molecule has 0 saturated heterocycles. The molecule has 0 atom stereocenters. The lowest BCUT2D eigenvalue weighted by Gasteiger charge is -2.07. The third-order valence-electron chi connectivity index (χ3n) is 5.79. The lowest BCUT2D eigenvalue weighted by atomic mass is 10.1. The van der Waals surface area contributed by atoms with Crippen molar-refractivity contribution in [3.63, 3.8) is 0 Å². The van der Waals surface area contributed by atoms with E-state index in [0.717, 1.165) is 19.3 Å². The minimum absolute atomic E-state index is 0.465. The van der Waals surface area contributed by atoms with Gasteiger partial charge in [-0.15, -0.1) is 0 Å². The number of allylic oxidation sites excluding steroid dienone is 2. The molecule has 0 aliphatic heterocycles. The minimum Gasteiger partial charge on any atom is -0.434 e. The number of hydrogen-bond acceptors (Lipinski definition) is 3. The third-order valence-corrected chi connectivity index (χ3v) is 5.79. The zero-order valence-corrected chi connectivity index (χ0v) is 21.3. The molecular formula is C28H54O3. The number of carbonyl (C=O) groups excluding carboxylic acids is 1. The van der Waals surface area contributed by atoms with E-state index in [-0.39, 0.29) is 0 Å². The summed E-state index contributed by atoms with van der Waals surface area (Å²) in [5.41, 5.74) is 0. The van der Waals surface area contributed by atoms with Gasteiger partial charge in [0.2, 0.25) is 0 Å². The second kappa shape index (κ2) is 25.3. The molecule has 0 rings (SSSR count). The van der Waals surface area contributed by atoms with Gasteiger partial charge in [0, 0.05) is 0 Å². The van der Waals surface area contributed by atoms with Crippen LogP contribution in [0.15, 0.2) is 12.2 Å². The van der Waals surface area contributed by atoms with E-state index < -0.39 is 6.16 Å². The van der Waals surface area contributed by atoms with Crippen LogP contribution < -0.4 is 0 Å². The van der Waals surface area contributed by atoms with E-state index in [4.69, 9.17) is 9.47 Å². The molecule has 0 saturated carbocycles. The van der Waals surface area contributed by atoms with E-state index in [9.17, 15) is 4.79 Å². The Kier molecular flexibility index (Phi) is 24.5. The maximum Gasteiger partial charge on any atom is 0.508 e. The van der Waals surface area contributed by atoms with Crippen molar-refractivity contribution in [2.75, 3.05) is 13.2 Å². The van der Waals surface area contributed by atoms with Crippen molar-refractivity contribution < 1.29 is 14.3 Å². The van der Waals surface area contributed by atoms with Crippen molar-refractivity contribution in [2.45, 2.75) is 143 Å². The van der Waals surface area contributed by atoms with Gasteiger partial charge in [-0.1, -0.05) is 116 Å². The Bertz CT molecular complexity index is 390. The summed E-state index contributed by atoms with van der Waals surface area (Å²) < 4.78 is 10.1. The third kappa shape index (κ3) is 27.0. The van der Waals surface area contributed by atoms with E-state index in [2.05, 4.69) is 32.9 Å². The zero-order chi connectivity index (χ0) is 22.8. The normalized spacial score (nSPS) is 11.5. The molecule has 0 aliphatic carbocycles. The Morgan fingerprint density at radius 3 is 1.52 bits per heavy atom. The topological polar surface area (TPSA) is 35.5 Å². The highest BCUT2D eigenvalue weighted by atomic mass is 16.7. The number of carbonyl (C=O) groups is 1. The molecule has 0 heterocycles. The first-order valence-electron chi connectivity index (χ1n) is 13.6. The molecule has 0 unspecified atom stereocenters. The van der Waals surface area contributed by atoms with Gasteiger partial charge in [0.25, 0.3) is 0 Å². The van der Waals surface area contributed by atoms with Crippen LogP contribution in [0.2, 0.25) is 0 Å². The van der Waals surface area contributed by atoms with Gasteiger partial charge in [-0.25, -0.2) is 4.79 Å². The first-order chi connectivity index (χ1) is 15.2. The van der Waals surface area contributed by atoms with E-state index in [1.807, 2.05) is 0 Å². The van der Waals surface area contributed by atoms with Crippen LogP contribution in [0.1, 0.15) is 143 Å². The van der Waals surface area contributed by atoms with E-state index in [1.54, 1.807) is 0 Å². The van der Waals surface area contributed by atoms with E-state index in [0.29, 0.717) is 19.1 Å². The SMILES string of the molecule is CCCCCCCC/C=C\CCCCCCCCCCCCOC(=O)OCCC(C)C. The molecule has 184 valence electrons. The zero-order valence-electron chi connectivity index (χ0n) is 21.3. The van der Waals surface area contributed by atoms with Crippen molar-refractivity contribution in [2.24, 2.45) is 5.92 Å². The maximum atomic E-state index is 11.4. The number of hydrogen-bond donors (Lipinski definition) is 0. The van der Waals surface area contributed by atoms with Gasteiger partial charge < -0.3 is 9.47 Å². The highest BCUT2D eigenvalue weighted by molar-refractivity contribution is 5.59. The summed E-state index contributed by atoms with van der Waals surface area (Å²) in [6, 6.07) is 0. The Morgan fingerprint density at radius 2 is 1.03 bits per heavy atom. The molecule has 0 aliphatic rings. The van der Waals surface area contributed by atoms with Crippen molar-refractivity contribution >= 4 is 6.16 Å². The first kappa shape index (κ1) is 30.0. The summed E-state index contributed by atoms with van der Waals surface area (Å²) in [7, 11) is 0. The van der Waals surface area contributed by atoms with Crippen molar-refractivity contribution in [1.29, 1.82) is 0 Å². The Hall–Kier alpha value is -0.990. The minimum atomic E-state index is -0.506. The fourth-order valence-corrected chi connectivity index (χ4v) is 3.63. The maximum absolute atomic E-state index is 11.4. The summed E-state index contributed by atoms with van der Waals surface area (Å²) in [4.78, 5) is 11.4. The molecule has 0 N–H and O–H groups in total.